The van der Waals surface area contributed by atoms with Crippen molar-refractivity contribution in [1.29, 1.82) is 0 Å². The minimum Gasteiger partial charge on any atom is -0.480 e. The Morgan fingerprint density at radius 3 is 2.50 bits per heavy atom. The molecule has 0 aliphatic rings. The first kappa shape index (κ1) is 14.4. The molecule has 2 N–H and O–H groups in total. The molecule has 4 nitrogen and oxygen atoms in total. The number of carbonyl (C=O) groups is 1. The van der Waals surface area contributed by atoms with E-state index in [1.807, 2.05) is 5.32 Å². The first-order valence-corrected chi connectivity index (χ1v) is 4.81. The molecule has 1 rings (SSSR count). The van der Waals surface area contributed by atoms with Gasteiger partial charge >= 0.3 is 12.1 Å². The van der Waals surface area contributed by atoms with E-state index >= 15 is 0 Å². The number of carboxylic acid groups (broad SMARTS) is 1. The lowest BCUT2D eigenvalue weighted by atomic mass is 10.0. The summed E-state index contributed by atoms with van der Waals surface area (Å²) in [5.74, 6) is -2.77. The van der Waals surface area contributed by atoms with Crippen LogP contribution in [0.1, 0.15) is 12.5 Å². The van der Waals surface area contributed by atoms with Gasteiger partial charge in [-0.3, -0.25) is 10.3 Å². The van der Waals surface area contributed by atoms with Gasteiger partial charge in [-0.05, 0) is 18.6 Å². The fraction of sp³-hybridized carbons (Fsp3) is 0.400. The molecule has 1 heterocycles. The molecule has 8 heteroatoms. The van der Waals surface area contributed by atoms with Gasteiger partial charge in [0.25, 0.3) is 0 Å². The molecule has 1 atom stereocenters. The predicted molar refractivity (Wildman–Crippen MR) is 53.1 cm³/mol. The van der Waals surface area contributed by atoms with Gasteiger partial charge < -0.3 is 5.11 Å². The summed E-state index contributed by atoms with van der Waals surface area (Å²) in [6.45, 7) is 0.0368. The maximum absolute atomic E-state index is 12.8. The van der Waals surface area contributed by atoms with Crippen molar-refractivity contribution >= 4 is 5.97 Å². The predicted octanol–water partition coefficient (Wildman–Crippen LogP) is 1.72. The van der Waals surface area contributed by atoms with E-state index in [-0.39, 0.29) is 5.56 Å². The Kier molecular flexibility index (Phi) is 3.90. The highest BCUT2D eigenvalue weighted by atomic mass is 19.4. The summed E-state index contributed by atoms with van der Waals surface area (Å²) in [6.07, 6.45) is -2.93. The highest BCUT2D eigenvalue weighted by Gasteiger charge is 2.57. The smallest absolute Gasteiger partial charge is 0.417 e. The number of rotatable bonds is 4. The zero-order valence-corrected chi connectivity index (χ0v) is 9.25. The number of halogens is 4. The quantitative estimate of drug-likeness (QED) is 0.814. The Bertz CT molecular complexity index is 450. The van der Waals surface area contributed by atoms with Crippen molar-refractivity contribution < 1.29 is 27.5 Å². The molecule has 0 fully saturated rings. The zero-order chi connectivity index (χ0) is 14.0. The fourth-order valence-corrected chi connectivity index (χ4v) is 1.13. The number of nitrogens with one attached hydrogen (secondary N) is 1. The van der Waals surface area contributed by atoms with Crippen molar-refractivity contribution in [2.45, 2.75) is 25.2 Å². The second-order valence-electron chi connectivity index (χ2n) is 3.79. The van der Waals surface area contributed by atoms with Gasteiger partial charge in [-0.15, -0.1) is 0 Å². The van der Waals surface area contributed by atoms with Crippen molar-refractivity contribution in [3.63, 3.8) is 0 Å². The maximum atomic E-state index is 12.8. The van der Waals surface area contributed by atoms with Crippen LogP contribution in [-0.2, 0) is 11.3 Å². The molecule has 0 bridgehead atoms. The standard InChI is InChI=1S/C10H10F4N2O2/c1-9(8(17)18,10(12,13)14)16-4-6-2-7(11)5-15-3-6/h2-3,5,16H,4H2,1H3,(H,17,18). The van der Waals surface area contributed by atoms with E-state index in [0.717, 1.165) is 18.5 Å². The first-order valence-electron chi connectivity index (χ1n) is 4.81. The molecule has 0 saturated heterocycles. The summed E-state index contributed by atoms with van der Waals surface area (Å²) >= 11 is 0. The van der Waals surface area contributed by atoms with Gasteiger partial charge in [0, 0.05) is 12.7 Å². The lowest BCUT2D eigenvalue weighted by molar-refractivity contribution is -0.206. The number of hydrogen-bond donors (Lipinski definition) is 2. The number of aromatic nitrogens is 1. The van der Waals surface area contributed by atoms with Crippen LogP contribution in [0.15, 0.2) is 18.5 Å². The minimum absolute atomic E-state index is 0.117. The summed E-state index contributed by atoms with van der Waals surface area (Å²) in [6, 6.07) is 0.971. The number of aliphatic carboxylic acids is 1. The van der Waals surface area contributed by atoms with Gasteiger partial charge in [0.05, 0.1) is 6.20 Å². The van der Waals surface area contributed by atoms with Crippen molar-refractivity contribution in [3.05, 3.63) is 29.8 Å². The van der Waals surface area contributed by atoms with Crippen LogP contribution in [0.5, 0.6) is 0 Å². The molecule has 1 unspecified atom stereocenters. The van der Waals surface area contributed by atoms with Crippen LogP contribution in [0.3, 0.4) is 0 Å². The van der Waals surface area contributed by atoms with E-state index in [0.29, 0.717) is 6.92 Å². The number of pyridine rings is 1. The van der Waals surface area contributed by atoms with E-state index in [9.17, 15) is 22.4 Å². The van der Waals surface area contributed by atoms with Gasteiger partial charge in [0.2, 0.25) is 5.54 Å². The fourth-order valence-electron chi connectivity index (χ4n) is 1.13. The van der Waals surface area contributed by atoms with Crippen molar-refractivity contribution in [1.82, 2.24) is 10.3 Å². The van der Waals surface area contributed by atoms with Crippen LogP contribution >= 0.6 is 0 Å². The topological polar surface area (TPSA) is 62.2 Å². The molecule has 18 heavy (non-hydrogen) atoms. The summed E-state index contributed by atoms with van der Waals surface area (Å²) in [7, 11) is 0. The van der Waals surface area contributed by atoms with Gasteiger partial charge in [-0.2, -0.15) is 13.2 Å². The molecule has 0 amide bonds. The van der Waals surface area contributed by atoms with E-state index in [1.165, 1.54) is 0 Å². The summed E-state index contributed by atoms with van der Waals surface area (Å²) < 4.78 is 50.6. The van der Waals surface area contributed by atoms with E-state index < -0.39 is 30.0 Å². The second-order valence-corrected chi connectivity index (χ2v) is 3.79. The highest BCUT2D eigenvalue weighted by molar-refractivity contribution is 5.79. The van der Waals surface area contributed by atoms with Crippen LogP contribution in [0.25, 0.3) is 0 Å². The van der Waals surface area contributed by atoms with Gasteiger partial charge in [0.1, 0.15) is 5.82 Å². The van der Waals surface area contributed by atoms with Crippen molar-refractivity contribution in [2.75, 3.05) is 0 Å². The Morgan fingerprint density at radius 2 is 2.06 bits per heavy atom. The van der Waals surface area contributed by atoms with Crippen LogP contribution in [0, 0.1) is 5.82 Å². The lowest BCUT2D eigenvalue weighted by Crippen LogP contribution is -2.59. The number of hydrogen-bond acceptors (Lipinski definition) is 3. The zero-order valence-electron chi connectivity index (χ0n) is 9.25. The molecule has 0 spiro atoms. The monoisotopic (exact) mass is 266 g/mol. The molecule has 1 aromatic rings. The molecule has 0 saturated carbocycles. The average molecular weight is 266 g/mol. The Labute approximate surface area is 99.6 Å². The van der Waals surface area contributed by atoms with Crippen LogP contribution < -0.4 is 5.32 Å². The summed E-state index contributed by atoms with van der Waals surface area (Å²) in [4.78, 5) is 14.1. The minimum atomic E-state index is -4.97. The van der Waals surface area contributed by atoms with E-state index in [2.05, 4.69) is 4.98 Å². The number of alkyl halides is 3. The normalized spacial score (nSPS) is 15.2. The van der Waals surface area contributed by atoms with Gasteiger partial charge in [-0.1, -0.05) is 0 Å². The number of nitrogens with zero attached hydrogens (tertiary/aromatic N) is 1. The molecule has 0 aromatic carbocycles. The number of carboxylic acids is 1. The Morgan fingerprint density at radius 1 is 1.44 bits per heavy atom. The van der Waals surface area contributed by atoms with Gasteiger partial charge in [0.15, 0.2) is 0 Å². The maximum Gasteiger partial charge on any atom is 0.417 e. The van der Waals surface area contributed by atoms with Crippen LogP contribution in [0.4, 0.5) is 17.6 Å². The van der Waals surface area contributed by atoms with Gasteiger partial charge in [-0.25, -0.2) is 9.18 Å². The SMILES string of the molecule is CC(NCc1cncc(F)c1)(C(=O)O)C(F)(F)F. The summed E-state index contributed by atoms with van der Waals surface area (Å²) in [5, 5.41) is 10.5. The van der Waals surface area contributed by atoms with E-state index in [4.69, 9.17) is 5.11 Å². The average Bonchev–Trinajstić information content (AvgIpc) is 2.24. The van der Waals surface area contributed by atoms with Crippen LogP contribution in [0.2, 0.25) is 0 Å². The summed E-state index contributed by atoms with van der Waals surface area (Å²) in [5.41, 5.74) is -2.98. The lowest BCUT2D eigenvalue weighted by Gasteiger charge is -2.28. The molecule has 0 aliphatic carbocycles. The third-order valence-electron chi connectivity index (χ3n) is 2.40. The third-order valence-corrected chi connectivity index (χ3v) is 2.40. The molecule has 0 aliphatic heterocycles. The molecule has 0 radical (unpaired) electrons. The molecule has 1 aromatic heterocycles. The Hall–Kier alpha value is -1.70. The molecular weight excluding hydrogens is 256 g/mol. The largest absolute Gasteiger partial charge is 0.480 e. The first-order chi connectivity index (χ1) is 8.17. The second kappa shape index (κ2) is 4.89. The van der Waals surface area contributed by atoms with Crippen molar-refractivity contribution in [3.8, 4) is 0 Å². The van der Waals surface area contributed by atoms with Crippen LogP contribution in [-0.4, -0.2) is 27.8 Å². The van der Waals surface area contributed by atoms with E-state index in [1.54, 1.807) is 0 Å². The Balaban J connectivity index is 2.85. The van der Waals surface area contributed by atoms with Crippen molar-refractivity contribution in [2.24, 2.45) is 0 Å². The highest BCUT2D eigenvalue weighted by Crippen LogP contribution is 2.30. The third kappa shape index (κ3) is 2.95. The molecule has 100 valence electrons. The molecular formula is C10H10F4N2O2.